The SMILES string of the molecule is N#CC1(OC(=O)OOC(=O)OC2(C#N)CCCCC2)CCCCC1. The number of hydrogen-bond acceptors (Lipinski definition) is 8. The summed E-state index contributed by atoms with van der Waals surface area (Å²) < 4.78 is 10.00. The summed E-state index contributed by atoms with van der Waals surface area (Å²) in [6.45, 7) is 0. The van der Waals surface area contributed by atoms with Crippen LogP contribution in [0.25, 0.3) is 0 Å². The highest BCUT2D eigenvalue weighted by Gasteiger charge is 2.39. The van der Waals surface area contributed by atoms with Crippen molar-refractivity contribution in [2.45, 2.75) is 75.4 Å². The quantitative estimate of drug-likeness (QED) is 0.426. The molecule has 0 amide bonds. The zero-order valence-electron chi connectivity index (χ0n) is 13.4. The Kier molecular flexibility index (Phi) is 5.86. The smallest absolute Gasteiger partial charge is 0.410 e. The van der Waals surface area contributed by atoms with Gasteiger partial charge in [0.25, 0.3) is 0 Å². The standard InChI is InChI=1S/C16H20N2O6/c17-11-15(7-3-1-4-8-15)21-13(19)23-24-14(20)22-16(12-18)9-5-2-6-10-16/h1-10H2. The van der Waals surface area contributed by atoms with Crippen molar-refractivity contribution < 1.29 is 28.8 Å². The lowest BCUT2D eigenvalue weighted by Gasteiger charge is -2.30. The van der Waals surface area contributed by atoms with Gasteiger partial charge in [0, 0.05) is 25.7 Å². The number of rotatable bonds is 2. The summed E-state index contributed by atoms with van der Waals surface area (Å²) in [4.78, 5) is 31.8. The van der Waals surface area contributed by atoms with Crippen molar-refractivity contribution in [1.29, 1.82) is 10.5 Å². The Bertz CT molecular complexity index is 500. The van der Waals surface area contributed by atoms with Crippen LogP contribution in [0.1, 0.15) is 64.2 Å². The lowest BCUT2D eigenvalue weighted by Crippen LogP contribution is -2.37. The van der Waals surface area contributed by atoms with E-state index in [1.807, 2.05) is 12.1 Å². The topological polar surface area (TPSA) is 119 Å². The van der Waals surface area contributed by atoms with Crippen LogP contribution in [0.5, 0.6) is 0 Å². The number of nitriles is 2. The Hall–Kier alpha value is -2.48. The van der Waals surface area contributed by atoms with Gasteiger partial charge in [0.05, 0.1) is 0 Å². The first-order valence-electron chi connectivity index (χ1n) is 8.16. The van der Waals surface area contributed by atoms with Crippen molar-refractivity contribution in [2.75, 3.05) is 0 Å². The zero-order chi connectivity index (χ0) is 17.5. The van der Waals surface area contributed by atoms with Crippen LogP contribution in [0, 0.1) is 22.7 Å². The third-order valence-corrected chi connectivity index (χ3v) is 4.47. The van der Waals surface area contributed by atoms with Gasteiger partial charge in [-0.15, -0.1) is 0 Å². The first-order chi connectivity index (χ1) is 11.5. The molecule has 0 heterocycles. The summed E-state index contributed by atoms with van der Waals surface area (Å²) >= 11 is 0. The van der Waals surface area contributed by atoms with Crippen LogP contribution in [0.15, 0.2) is 0 Å². The molecule has 0 aromatic carbocycles. The van der Waals surface area contributed by atoms with E-state index in [1.165, 1.54) is 0 Å². The normalized spacial score (nSPS) is 21.4. The molecule has 0 aromatic rings. The molecule has 8 heteroatoms. The van der Waals surface area contributed by atoms with Crippen LogP contribution >= 0.6 is 0 Å². The molecular formula is C16H20N2O6. The van der Waals surface area contributed by atoms with Gasteiger partial charge in [-0.3, -0.25) is 0 Å². The molecule has 0 radical (unpaired) electrons. The van der Waals surface area contributed by atoms with E-state index in [2.05, 4.69) is 9.78 Å². The highest BCUT2D eigenvalue weighted by atomic mass is 17.3. The molecule has 0 saturated heterocycles. The van der Waals surface area contributed by atoms with E-state index in [-0.39, 0.29) is 0 Å². The van der Waals surface area contributed by atoms with E-state index >= 15 is 0 Å². The van der Waals surface area contributed by atoms with Gasteiger partial charge in [-0.25, -0.2) is 0 Å². The molecule has 2 aliphatic carbocycles. The lowest BCUT2D eigenvalue weighted by molar-refractivity contribution is -0.233. The van der Waals surface area contributed by atoms with Crippen molar-refractivity contribution in [3.63, 3.8) is 0 Å². The van der Waals surface area contributed by atoms with Gasteiger partial charge in [-0.05, 0) is 25.7 Å². The molecule has 8 nitrogen and oxygen atoms in total. The molecule has 2 aliphatic rings. The first kappa shape index (κ1) is 17.9. The minimum Gasteiger partial charge on any atom is -0.410 e. The fraction of sp³-hybridized carbons (Fsp3) is 0.750. The van der Waals surface area contributed by atoms with Gasteiger partial charge in [-0.1, -0.05) is 12.8 Å². The average molecular weight is 336 g/mol. The fourth-order valence-electron chi connectivity index (χ4n) is 3.14. The number of carbonyl (C=O) groups is 2. The molecule has 0 spiro atoms. The molecule has 0 aromatic heterocycles. The van der Waals surface area contributed by atoms with Crippen molar-refractivity contribution in [2.24, 2.45) is 0 Å². The predicted octanol–water partition coefficient (Wildman–Crippen LogP) is 3.66. The maximum Gasteiger partial charge on any atom is 0.551 e. The van der Waals surface area contributed by atoms with Crippen LogP contribution in [0.2, 0.25) is 0 Å². The van der Waals surface area contributed by atoms with Crippen LogP contribution in [-0.2, 0) is 19.2 Å². The molecular weight excluding hydrogens is 316 g/mol. The van der Waals surface area contributed by atoms with Gasteiger partial charge >= 0.3 is 12.3 Å². The third-order valence-electron chi connectivity index (χ3n) is 4.47. The minimum absolute atomic E-state index is 0.417. The predicted molar refractivity (Wildman–Crippen MR) is 78.0 cm³/mol. The Morgan fingerprint density at radius 1 is 0.667 bits per heavy atom. The maximum atomic E-state index is 11.6. The van der Waals surface area contributed by atoms with Crippen LogP contribution in [0.3, 0.4) is 0 Å². The van der Waals surface area contributed by atoms with Gasteiger partial charge in [0.2, 0.25) is 11.2 Å². The van der Waals surface area contributed by atoms with Crippen molar-refractivity contribution in [3.8, 4) is 12.1 Å². The molecule has 0 unspecified atom stereocenters. The summed E-state index contributed by atoms with van der Waals surface area (Å²) in [5, 5.41) is 18.4. The second-order valence-electron chi connectivity index (χ2n) is 6.20. The Balaban J connectivity index is 1.79. The minimum atomic E-state index is -1.27. The van der Waals surface area contributed by atoms with Crippen LogP contribution < -0.4 is 0 Å². The molecule has 2 fully saturated rings. The van der Waals surface area contributed by atoms with Gasteiger partial charge in [0.15, 0.2) is 0 Å². The van der Waals surface area contributed by atoms with Gasteiger partial charge in [0.1, 0.15) is 12.1 Å². The summed E-state index contributed by atoms with van der Waals surface area (Å²) in [6, 6.07) is 3.96. The Morgan fingerprint density at radius 2 is 1.00 bits per heavy atom. The molecule has 130 valence electrons. The van der Waals surface area contributed by atoms with E-state index in [0.29, 0.717) is 25.7 Å². The van der Waals surface area contributed by atoms with E-state index in [9.17, 15) is 20.1 Å². The second kappa shape index (κ2) is 7.87. The number of ether oxygens (including phenoxy) is 2. The molecule has 2 rings (SSSR count). The summed E-state index contributed by atoms with van der Waals surface area (Å²) in [6.07, 6.45) is 4.16. The van der Waals surface area contributed by atoms with E-state index in [1.54, 1.807) is 0 Å². The lowest BCUT2D eigenvalue weighted by atomic mass is 9.86. The van der Waals surface area contributed by atoms with Gasteiger partial charge < -0.3 is 9.47 Å². The van der Waals surface area contributed by atoms with E-state index in [0.717, 1.165) is 38.5 Å². The average Bonchev–Trinajstić information content (AvgIpc) is 2.61. The molecule has 0 bridgehead atoms. The zero-order valence-corrected chi connectivity index (χ0v) is 13.4. The maximum absolute atomic E-state index is 11.6. The van der Waals surface area contributed by atoms with E-state index in [4.69, 9.17) is 9.47 Å². The largest absolute Gasteiger partial charge is 0.551 e. The number of carbonyl (C=O) groups excluding carboxylic acids is 2. The number of hydrogen-bond donors (Lipinski definition) is 0. The molecule has 0 aliphatic heterocycles. The summed E-state index contributed by atoms with van der Waals surface area (Å²) in [5.74, 6) is 0. The monoisotopic (exact) mass is 336 g/mol. The summed E-state index contributed by atoms with van der Waals surface area (Å²) in [7, 11) is 0. The van der Waals surface area contributed by atoms with Crippen molar-refractivity contribution >= 4 is 12.3 Å². The number of nitrogens with zero attached hydrogens (tertiary/aromatic N) is 2. The molecule has 2 saturated carbocycles. The third kappa shape index (κ3) is 4.51. The molecule has 24 heavy (non-hydrogen) atoms. The highest BCUT2D eigenvalue weighted by molar-refractivity contribution is 5.64. The molecule has 0 N–H and O–H groups in total. The second-order valence-corrected chi connectivity index (χ2v) is 6.20. The summed E-state index contributed by atoms with van der Waals surface area (Å²) in [5.41, 5.74) is -2.47. The highest BCUT2D eigenvalue weighted by Crippen LogP contribution is 2.32. The van der Waals surface area contributed by atoms with Crippen LogP contribution in [-0.4, -0.2) is 23.5 Å². The Labute approximate surface area is 140 Å². The molecule has 0 atom stereocenters. The first-order valence-corrected chi connectivity index (χ1v) is 8.16. The fourth-order valence-corrected chi connectivity index (χ4v) is 3.14. The van der Waals surface area contributed by atoms with Crippen LogP contribution in [0.4, 0.5) is 9.59 Å². The van der Waals surface area contributed by atoms with E-state index < -0.39 is 23.5 Å². The van der Waals surface area contributed by atoms with Crippen molar-refractivity contribution in [1.82, 2.24) is 0 Å². The van der Waals surface area contributed by atoms with Crippen molar-refractivity contribution in [3.05, 3.63) is 0 Å². The van der Waals surface area contributed by atoms with Gasteiger partial charge in [-0.2, -0.15) is 29.9 Å². The Morgan fingerprint density at radius 3 is 1.29 bits per heavy atom.